The highest BCUT2D eigenvalue weighted by molar-refractivity contribution is 7.99. The number of rotatable bonds is 6. The summed E-state index contributed by atoms with van der Waals surface area (Å²) in [4.78, 5) is 1.35. The molecule has 0 aromatic heterocycles. The molecule has 0 amide bonds. The zero-order valence-corrected chi connectivity index (χ0v) is 13.6. The molecule has 0 heterocycles. The highest BCUT2D eigenvalue weighted by Gasteiger charge is 2.26. The summed E-state index contributed by atoms with van der Waals surface area (Å²) in [5, 5.41) is 0. The van der Waals surface area contributed by atoms with E-state index in [0.29, 0.717) is 6.04 Å². The van der Waals surface area contributed by atoms with E-state index in [1.165, 1.54) is 42.6 Å². The van der Waals surface area contributed by atoms with Crippen LogP contribution in [0.25, 0.3) is 0 Å². The summed E-state index contributed by atoms with van der Waals surface area (Å²) < 4.78 is 0. The SMILES string of the molecule is CCC1CCC(C(CSc2ccc(C)cc2)NN)CC1. The fraction of sp³-hybridized carbons (Fsp3) is 0.647. The Labute approximate surface area is 127 Å². The van der Waals surface area contributed by atoms with Crippen LogP contribution in [0.4, 0.5) is 0 Å². The number of hydrogen-bond donors (Lipinski definition) is 2. The molecule has 2 nitrogen and oxygen atoms in total. The lowest BCUT2D eigenvalue weighted by Gasteiger charge is -2.33. The Morgan fingerprint density at radius 2 is 1.85 bits per heavy atom. The predicted molar refractivity (Wildman–Crippen MR) is 88.8 cm³/mol. The van der Waals surface area contributed by atoms with E-state index >= 15 is 0 Å². The molecule has 0 radical (unpaired) electrons. The maximum absolute atomic E-state index is 5.80. The maximum atomic E-state index is 5.80. The number of nitrogens with one attached hydrogen (secondary N) is 1. The summed E-state index contributed by atoms with van der Waals surface area (Å²) in [6, 6.07) is 9.22. The van der Waals surface area contributed by atoms with Gasteiger partial charge in [-0.3, -0.25) is 11.3 Å². The van der Waals surface area contributed by atoms with Gasteiger partial charge in [-0.25, -0.2) is 0 Å². The first kappa shape index (κ1) is 15.9. The fourth-order valence-electron chi connectivity index (χ4n) is 3.14. The van der Waals surface area contributed by atoms with E-state index in [1.54, 1.807) is 0 Å². The summed E-state index contributed by atoms with van der Waals surface area (Å²) in [5.41, 5.74) is 4.39. The summed E-state index contributed by atoms with van der Waals surface area (Å²) in [6.07, 6.45) is 6.78. The molecule has 1 aliphatic carbocycles. The number of nitrogens with two attached hydrogens (primary N) is 1. The van der Waals surface area contributed by atoms with Crippen molar-refractivity contribution >= 4 is 11.8 Å². The van der Waals surface area contributed by atoms with Crippen LogP contribution in [-0.4, -0.2) is 11.8 Å². The summed E-state index contributed by atoms with van der Waals surface area (Å²) >= 11 is 1.92. The van der Waals surface area contributed by atoms with Gasteiger partial charge < -0.3 is 0 Å². The lowest BCUT2D eigenvalue weighted by molar-refractivity contribution is 0.228. The molecule has 1 aromatic carbocycles. The highest BCUT2D eigenvalue weighted by atomic mass is 32.2. The zero-order chi connectivity index (χ0) is 14.4. The Balaban J connectivity index is 1.81. The molecule has 2 rings (SSSR count). The number of benzene rings is 1. The van der Waals surface area contributed by atoms with Crippen molar-refractivity contribution in [3.8, 4) is 0 Å². The van der Waals surface area contributed by atoms with E-state index in [9.17, 15) is 0 Å². The molecular formula is C17H28N2S. The second-order valence-corrected chi connectivity index (χ2v) is 7.18. The summed E-state index contributed by atoms with van der Waals surface area (Å²) in [5.74, 6) is 8.57. The number of aryl methyl sites for hydroxylation is 1. The summed E-state index contributed by atoms with van der Waals surface area (Å²) in [7, 11) is 0. The van der Waals surface area contributed by atoms with Gasteiger partial charge in [-0.05, 0) is 43.7 Å². The van der Waals surface area contributed by atoms with Crippen molar-refractivity contribution in [2.75, 3.05) is 5.75 Å². The lowest BCUT2D eigenvalue weighted by Crippen LogP contribution is -2.44. The van der Waals surface area contributed by atoms with Gasteiger partial charge in [-0.2, -0.15) is 0 Å². The van der Waals surface area contributed by atoms with Crippen molar-refractivity contribution < 1.29 is 0 Å². The van der Waals surface area contributed by atoms with Gasteiger partial charge >= 0.3 is 0 Å². The van der Waals surface area contributed by atoms with Gasteiger partial charge in [0.1, 0.15) is 0 Å². The first-order valence-corrected chi connectivity index (χ1v) is 8.87. The highest BCUT2D eigenvalue weighted by Crippen LogP contribution is 2.34. The molecule has 0 saturated heterocycles. The van der Waals surface area contributed by atoms with E-state index in [2.05, 4.69) is 43.5 Å². The van der Waals surface area contributed by atoms with E-state index < -0.39 is 0 Å². The molecule has 0 spiro atoms. The third kappa shape index (κ3) is 4.51. The lowest BCUT2D eigenvalue weighted by atomic mass is 9.78. The molecule has 1 aromatic rings. The van der Waals surface area contributed by atoms with Crippen molar-refractivity contribution in [2.45, 2.75) is 56.9 Å². The minimum atomic E-state index is 0.444. The molecule has 0 aliphatic heterocycles. The quantitative estimate of drug-likeness (QED) is 0.470. The molecule has 1 atom stereocenters. The Morgan fingerprint density at radius 1 is 1.20 bits per heavy atom. The van der Waals surface area contributed by atoms with Crippen molar-refractivity contribution in [3.63, 3.8) is 0 Å². The molecule has 1 saturated carbocycles. The van der Waals surface area contributed by atoms with Crippen LogP contribution in [0.2, 0.25) is 0 Å². The van der Waals surface area contributed by atoms with Crippen LogP contribution in [0.3, 0.4) is 0 Å². The topological polar surface area (TPSA) is 38.0 Å². The number of hydrazine groups is 1. The second kappa shape index (κ2) is 8.06. The van der Waals surface area contributed by atoms with Crippen LogP contribution in [0, 0.1) is 18.8 Å². The molecule has 1 unspecified atom stereocenters. The number of hydrogen-bond acceptors (Lipinski definition) is 3. The van der Waals surface area contributed by atoms with Crippen molar-refractivity contribution in [1.29, 1.82) is 0 Å². The normalized spacial score (nSPS) is 24.6. The van der Waals surface area contributed by atoms with Gasteiger partial charge in [0, 0.05) is 16.7 Å². The second-order valence-electron chi connectivity index (χ2n) is 6.09. The standard InChI is InChI=1S/C17H28N2S/c1-3-14-6-8-15(9-7-14)17(19-18)12-20-16-10-4-13(2)5-11-16/h4-5,10-11,14-15,17,19H,3,6-9,12,18H2,1-2H3. The largest absolute Gasteiger partial charge is 0.271 e. The molecule has 0 bridgehead atoms. The molecule has 20 heavy (non-hydrogen) atoms. The Morgan fingerprint density at radius 3 is 2.40 bits per heavy atom. The third-order valence-corrected chi connectivity index (χ3v) is 5.83. The first-order chi connectivity index (χ1) is 9.72. The van der Waals surface area contributed by atoms with Gasteiger partial charge in [0.15, 0.2) is 0 Å². The van der Waals surface area contributed by atoms with Crippen LogP contribution in [0.1, 0.15) is 44.6 Å². The van der Waals surface area contributed by atoms with Crippen molar-refractivity contribution in [2.24, 2.45) is 17.7 Å². The van der Waals surface area contributed by atoms with Gasteiger partial charge in [0.25, 0.3) is 0 Å². The van der Waals surface area contributed by atoms with Crippen LogP contribution >= 0.6 is 11.8 Å². The van der Waals surface area contributed by atoms with Gasteiger partial charge in [-0.15, -0.1) is 11.8 Å². The van der Waals surface area contributed by atoms with E-state index in [-0.39, 0.29) is 0 Å². The van der Waals surface area contributed by atoms with Crippen molar-refractivity contribution in [1.82, 2.24) is 5.43 Å². The first-order valence-electron chi connectivity index (χ1n) is 7.88. The van der Waals surface area contributed by atoms with Crippen LogP contribution < -0.4 is 11.3 Å². The van der Waals surface area contributed by atoms with Gasteiger partial charge in [-0.1, -0.05) is 43.9 Å². The van der Waals surface area contributed by atoms with Crippen LogP contribution in [-0.2, 0) is 0 Å². The monoisotopic (exact) mass is 292 g/mol. The smallest absolute Gasteiger partial charge is 0.0332 e. The van der Waals surface area contributed by atoms with E-state index in [0.717, 1.165) is 17.6 Å². The Kier molecular flexibility index (Phi) is 6.40. The Hall–Kier alpha value is -0.510. The minimum Gasteiger partial charge on any atom is -0.271 e. The average molecular weight is 292 g/mol. The minimum absolute atomic E-state index is 0.444. The molecule has 112 valence electrons. The van der Waals surface area contributed by atoms with E-state index in [1.807, 2.05) is 11.8 Å². The third-order valence-electron chi connectivity index (χ3n) is 4.70. The number of thioether (sulfide) groups is 1. The fourth-order valence-corrected chi connectivity index (χ4v) is 4.21. The average Bonchev–Trinajstić information content (AvgIpc) is 2.50. The van der Waals surface area contributed by atoms with Gasteiger partial charge in [0.2, 0.25) is 0 Å². The molecule has 3 N–H and O–H groups in total. The Bertz CT molecular complexity index is 382. The molecule has 3 heteroatoms. The summed E-state index contributed by atoms with van der Waals surface area (Å²) in [6.45, 7) is 4.45. The molecule has 1 fully saturated rings. The molecule has 1 aliphatic rings. The zero-order valence-electron chi connectivity index (χ0n) is 12.8. The van der Waals surface area contributed by atoms with Crippen LogP contribution in [0.15, 0.2) is 29.2 Å². The van der Waals surface area contributed by atoms with Crippen molar-refractivity contribution in [3.05, 3.63) is 29.8 Å². The predicted octanol–water partition coefficient (Wildman–Crippen LogP) is 4.14. The van der Waals surface area contributed by atoms with Gasteiger partial charge in [0.05, 0.1) is 0 Å². The maximum Gasteiger partial charge on any atom is 0.0332 e. The molecular weight excluding hydrogens is 264 g/mol. The van der Waals surface area contributed by atoms with E-state index in [4.69, 9.17) is 5.84 Å². The van der Waals surface area contributed by atoms with Crippen LogP contribution in [0.5, 0.6) is 0 Å².